The molecule has 0 spiro atoms. The Bertz CT molecular complexity index is 1540. The minimum absolute atomic E-state index is 0.0560. The average Bonchev–Trinajstić information content (AvgIpc) is 3.45. The maximum absolute atomic E-state index is 15.3. The van der Waals surface area contributed by atoms with Crippen molar-refractivity contribution in [2.45, 2.75) is 6.42 Å². The molecule has 0 amide bonds. The Balaban J connectivity index is 1.45. The van der Waals surface area contributed by atoms with Crippen LogP contribution in [0.25, 0.3) is 27.4 Å². The van der Waals surface area contributed by atoms with E-state index >= 15 is 4.39 Å². The predicted octanol–water partition coefficient (Wildman–Crippen LogP) is 4.48. The SMILES string of the molecule is CN=C/C(=C\N)c1cc(OCC23COCC2C3)c2c(Nc3ccc4ncccc4c3F)ncnc2c1. The first kappa shape index (κ1) is 22.4. The molecule has 182 valence electrons. The van der Waals surface area contributed by atoms with Gasteiger partial charge in [0.1, 0.15) is 17.9 Å². The van der Waals surface area contributed by atoms with Crippen LogP contribution in [0.15, 0.2) is 60.1 Å². The van der Waals surface area contributed by atoms with Crippen molar-refractivity contribution in [2.75, 3.05) is 32.2 Å². The first-order chi connectivity index (χ1) is 17.6. The fraction of sp³-hybridized carbons (Fsp3) is 0.259. The third kappa shape index (κ3) is 3.81. The summed E-state index contributed by atoms with van der Waals surface area (Å²) in [5, 5.41) is 4.24. The van der Waals surface area contributed by atoms with E-state index in [2.05, 4.69) is 25.3 Å². The van der Waals surface area contributed by atoms with Gasteiger partial charge >= 0.3 is 0 Å². The van der Waals surface area contributed by atoms with Gasteiger partial charge in [-0.05, 0) is 54.3 Å². The number of nitrogens with one attached hydrogen (secondary N) is 1. The summed E-state index contributed by atoms with van der Waals surface area (Å²) in [5.74, 6) is 1.16. The molecule has 1 aliphatic heterocycles. The lowest BCUT2D eigenvalue weighted by atomic mass is 10.0. The number of aromatic nitrogens is 3. The second kappa shape index (κ2) is 8.83. The van der Waals surface area contributed by atoms with Gasteiger partial charge in [0.05, 0.1) is 41.9 Å². The number of nitrogens with two attached hydrogens (primary N) is 1. The summed E-state index contributed by atoms with van der Waals surface area (Å²) in [4.78, 5) is 17.3. The molecule has 1 aliphatic carbocycles. The number of halogens is 1. The number of ether oxygens (including phenoxy) is 2. The quantitative estimate of drug-likeness (QED) is 0.373. The van der Waals surface area contributed by atoms with Gasteiger partial charge in [0.15, 0.2) is 5.82 Å². The normalized spacial score (nSPS) is 21.3. The van der Waals surface area contributed by atoms with Crippen LogP contribution in [0.3, 0.4) is 0 Å². The molecule has 36 heavy (non-hydrogen) atoms. The number of nitrogens with zero attached hydrogens (tertiary/aromatic N) is 4. The van der Waals surface area contributed by atoms with Crippen molar-refractivity contribution in [3.05, 3.63) is 66.5 Å². The van der Waals surface area contributed by atoms with Crippen LogP contribution in [0.1, 0.15) is 12.0 Å². The highest BCUT2D eigenvalue weighted by molar-refractivity contribution is 6.11. The first-order valence-electron chi connectivity index (χ1n) is 11.8. The van der Waals surface area contributed by atoms with Gasteiger partial charge < -0.3 is 20.5 Å². The van der Waals surface area contributed by atoms with Gasteiger partial charge in [0.25, 0.3) is 0 Å². The topological polar surface area (TPSA) is 108 Å². The summed E-state index contributed by atoms with van der Waals surface area (Å²) in [7, 11) is 1.69. The third-order valence-corrected chi connectivity index (χ3v) is 7.04. The van der Waals surface area contributed by atoms with Gasteiger partial charge in [0, 0.05) is 42.0 Å². The van der Waals surface area contributed by atoms with E-state index in [0.717, 1.165) is 24.2 Å². The zero-order valence-electron chi connectivity index (χ0n) is 19.7. The largest absolute Gasteiger partial charge is 0.492 e. The monoisotopic (exact) mass is 484 g/mol. The Morgan fingerprint density at radius 1 is 1.28 bits per heavy atom. The number of allylic oxidation sites excluding steroid dienone is 1. The Kier molecular flexibility index (Phi) is 5.49. The van der Waals surface area contributed by atoms with E-state index in [1.807, 2.05) is 12.1 Å². The van der Waals surface area contributed by atoms with Crippen molar-refractivity contribution >= 4 is 45.1 Å². The van der Waals surface area contributed by atoms with Crippen molar-refractivity contribution in [3.63, 3.8) is 0 Å². The maximum atomic E-state index is 15.3. The zero-order chi connectivity index (χ0) is 24.7. The van der Waals surface area contributed by atoms with E-state index in [-0.39, 0.29) is 11.1 Å². The summed E-state index contributed by atoms with van der Waals surface area (Å²) in [5.41, 5.74) is 8.99. The van der Waals surface area contributed by atoms with Crippen LogP contribution < -0.4 is 15.8 Å². The van der Waals surface area contributed by atoms with Crippen LogP contribution in [0.5, 0.6) is 5.75 Å². The van der Waals surface area contributed by atoms with Gasteiger partial charge in [-0.1, -0.05) is 0 Å². The summed E-state index contributed by atoms with van der Waals surface area (Å²) in [6.45, 7) is 2.00. The molecule has 0 bridgehead atoms. The number of pyridine rings is 1. The number of benzene rings is 2. The average molecular weight is 485 g/mol. The molecule has 4 aromatic rings. The Labute approximate surface area is 207 Å². The molecule has 9 heteroatoms. The molecule has 3 heterocycles. The highest BCUT2D eigenvalue weighted by Gasteiger charge is 2.59. The maximum Gasteiger partial charge on any atom is 0.156 e. The molecule has 2 aromatic carbocycles. The molecule has 2 aromatic heterocycles. The van der Waals surface area contributed by atoms with Gasteiger partial charge in [-0.2, -0.15) is 0 Å². The second-order valence-corrected chi connectivity index (χ2v) is 9.29. The molecule has 2 fully saturated rings. The van der Waals surface area contributed by atoms with Gasteiger partial charge in [0.2, 0.25) is 0 Å². The van der Waals surface area contributed by atoms with E-state index in [0.29, 0.717) is 52.5 Å². The fourth-order valence-corrected chi connectivity index (χ4v) is 4.91. The minimum Gasteiger partial charge on any atom is -0.492 e. The Morgan fingerprint density at radius 2 is 2.19 bits per heavy atom. The molecule has 1 saturated carbocycles. The van der Waals surface area contributed by atoms with Crippen LogP contribution in [0.2, 0.25) is 0 Å². The van der Waals surface area contributed by atoms with Crippen LogP contribution in [0, 0.1) is 17.2 Å². The number of fused-ring (bicyclic) bond motifs is 3. The number of hydrogen-bond donors (Lipinski definition) is 2. The van der Waals surface area contributed by atoms with Crippen molar-refractivity contribution in [1.29, 1.82) is 0 Å². The number of aliphatic imine (C=N–C) groups is 1. The third-order valence-electron chi connectivity index (χ3n) is 7.04. The lowest BCUT2D eigenvalue weighted by Gasteiger charge is -2.18. The van der Waals surface area contributed by atoms with Gasteiger partial charge in [-0.15, -0.1) is 0 Å². The van der Waals surface area contributed by atoms with Gasteiger partial charge in [-0.25, -0.2) is 14.4 Å². The molecule has 3 N–H and O–H groups in total. The molecular formula is C27H25FN6O2. The van der Waals surface area contributed by atoms with Crippen LogP contribution >= 0.6 is 0 Å². The van der Waals surface area contributed by atoms with E-state index in [1.54, 1.807) is 43.7 Å². The van der Waals surface area contributed by atoms with Crippen molar-refractivity contribution in [1.82, 2.24) is 15.0 Å². The van der Waals surface area contributed by atoms with E-state index in [9.17, 15) is 0 Å². The van der Waals surface area contributed by atoms with E-state index in [4.69, 9.17) is 15.2 Å². The lowest BCUT2D eigenvalue weighted by Crippen LogP contribution is -2.17. The molecule has 1 saturated heterocycles. The molecule has 6 rings (SSSR count). The molecule has 2 unspecified atom stereocenters. The van der Waals surface area contributed by atoms with E-state index in [1.165, 1.54) is 12.5 Å². The van der Waals surface area contributed by atoms with Crippen LogP contribution in [-0.2, 0) is 4.74 Å². The lowest BCUT2D eigenvalue weighted by molar-refractivity contribution is 0.124. The molecule has 0 radical (unpaired) electrons. The minimum atomic E-state index is -0.401. The van der Waals surface area contributed by atoms with Crippen molar-refractivity contribution in [2.24, 2.45) is 22.1 Å². The predicted molar refractivity (Wildman–Crippen MR) is 138 cm³/mol. The van der Waals surface area contributed by atoms with Crippen LogP contribution in [-0.4, -0.2) is 48.0 Å². The van der Waals surface area contributed by atoms with E-state index < -0.39 is 5.82 Å². The summed E-state index contributed by atoms with van der Waals surface area (Å²) < 4.78 is 27.4. The molecule has 2 aliphatic rings. The summed E-state index contributed by atoms with van der Waals surface area (Å²) in [6, 6.07) is 10.6. The van der Waals surface area contributed by atoms with Crippen molar-refractivity contribution in [3.8, 4) is 5.75 Å². The Morgan fingerprint density at radius 3 is 2.97 bits per heavy atom. The smallest absolute Gasteiger partial charge is 0.156 e. The number of hydrogen-bond acceptors (Lipinski definition) is 8. The molecule has 2 atom stereocenters. The molecular weight excluding hydrogens is 459 g/mol. The number of anilines is 2. The highest BCUT2D eigenvalue weighted by Crippen LogP contribution is 2.57. The van der Waals surface area contributed by atoms with Crippen LogP contribution in [0.4, 0.5) is 15.9 Å². The standard InChI is InChI=1S/C27H25FN6O2/c1-30-11-17(10-29)16-7-22-24(23(8-16)36-14-27-9-18(27)12-35-13-27)26(33-15-32-22)34-21-5-4-20-19(25(21)28)3-2-6-31-20/h2-8,10-11,15,18H,9,12-14,29H2,1H3,(H,32,33,34)/b17-10+,30-11?. The molecule has 8 nitrogen and oxygen atoms in total. The number of rotatable bonds is 7. The van der Waals surface area contributed by atoms with Crippen molar-refractivity contribution < 1.29 is 13.9 Å². The highest BCUT2D eigenvalue weighted by atomic mass is 19.1. The zero-order valence-corrected chi connectivity index (χ0v) is 19.7. The summed E-state index contributed by atoms with van der Waals surface area (Å²) in [6.07, 6.45) is 7.36. The Hall–Kier alpha value is -4.11. The fourth-order valence-electron chi connectivity index (χ4n) is 4.91. The summed E-state index contributed by atoms with van der Waals surface area (Å²) >= 11 is 0. The second-order valence-electron chi connectivity index (χ2n) is 9.29. The van der Waals surface area contributed by atoms with Gasteiger partial charge in [-0.3, -0.25) is 9.98 Å². The first-order valence-corrected chi connectivity index (χ1v) is 11.8.